The second-order valence-electron chi connectivity index (χ2n) is 6.68. The molecule has 3 nitrogen and oxygen atoms in total. The minimum Gasteiger partial charge on any atom is -0.459 e. The summed E-state index contributed by atoms with van der Waals surface area (Å²) in [5.74, 6) is 0.311. The number of nitrogens with two attached hydrogens (primary N) is 1. The van der Waals surface area contributed by atoms with Gasteiger partial charge < -0.3 is 10.5 Å². The van der Waals surface area contributed by atoms with Gasteiger partial charge in [-0.15, -0.1) is 0 Å². The highest BCUT2D eigenvalue weighted by atomic mass is 79.9. The lowest BCUT2D eigenvalue weighted by Gasteiger charge is -2.38. The van der Waals surface area contributed by atoms with Crippen molar-refractivity contribution in [1.82, 2.24) is 0 Å². The summed E-state index contributed by atoms with van der Waals surface area (Å²) in [5.41, 5.74) is 7.11. The number of anilines is 1. The minimum absolute atomic E-state index is 0.00567. The van der Waals surface area contributed by atoms with Gasteiger partial charge in [0.15, 0.2) is 0 Å². The molecule has 20 heavy (non-hydrogen) atoms. The van der Waals surface area contributed by atoms with Crippen molar-refractivity contribution in [1.29, 1.82) is 0 Å². The van der Waals surface area contributed by atoms with Gasteiger partial charge >= 0.3 is 5.97 Å². The summed E-state index contributed by atoms with van der Waals surface area (Å²) in [6.45, 7) is 6.70. The number of ether oxygens (including phenoxy) is 1. The zero-order valence-corrected chi connectivity index (χ0v) is 13.9. The van der Waals surface area contributed by atoms with Crippen LogP contribution in [0.5, 0.6) is 0 Å². The molecule has 0 aromatic heterocycles. The Labute approximate surface area is 129 Å². The minimum atomic E-state index is -0.279. The van der Waals surface area contributed by atoms with Gasteiger partial charge in [0.2, 0.25) is 0 Å². The molecule has 0 saturated heterocycles. The molecule has 0 bridgehead atoms. The third-order valence-corrected chi connectivity index (χ3v) is 4.57. The molecular weight excluding hydrogens is 318 g/mol. The molecule has 1 aliphatic carbocycles. The molecular formula is C16H22BrNO2. The molecule has 1 fully saturated rings. The van der Waals surface area contributed by atoms with E-state index in [-0.39, 0.29) is 17.5 Å². The summed E-state index contributed by atoms with van der Waals surface area (Å²) in [6, 6.07) is 5.17. The molecule has 1 aliphatic rings. The molecule has 4 heteroatoms. The van der Waals surface area contributed by atoms with Crippen molar-refractivity contribution in [3.8, 4) is 0 Å². The van der Waals surface area contributed by atoms with E-state index in [4.69, 9.17) is 10.5 Å². The fourth-order valence-electron chi connectivity index (χ4n) is 3.24. The van der Waals surface area contributed by atoms with Gasteiger partial charge in [-0.2, -0.15) is 0 Å². The fourth-order valence-corrected chi connectivity index (χ4v) is 3.48. The average Bonchev–Trinajstić information content (AvgIpc) is 2.29. The molecule has 2 atom stereocenters. The summed E-state index contributed by atoms with van der Waals surface area (Å²) in [4.78, 5) is 12.2. The molecule has 2 unspecified atom stereocenters. The third-order valence-electron chi connectivity index (χ3n) is 3.85. The van der Waals surface area contributed by atoms with Crippen LogP contribution in [-0.2, 0) is 4.74 Å². The van der Waals surface area contributed by atoms with E-state index in [0.29, 0.717) is 17.2 Å². The highest BCUT2D eigenvalue weighted by Gasteiger charge is 2.34. The number of hydrogen-bond donors (Lipinski definition) is 1. The normalized spacial score (nSPS) is 25.2. The molecule has 0 spiro atoms. The lowest BCUT2D eigenvalue weighted by Crippen LogP contribution is -2.34. The topological polar surface area (TPSA) is 52.3 Å². The smallest absolute Gasteiger partial charge is 0.338 e. The first-order chi connectivity index (χ1) is 9.27. The van der Waals surface area contributed by atoms with Crippen molar-refractivity contribution < 1.29 is 9.53 Å². The average molecular weight is 340 g/mol. The number of nitrogen functional groups attached to an aromatic ring is 1. The number of halogens is 1. The second kappa shape index (κ2) is 5.76. The van der Waals surface area contributed by atoms with Gasteiger partial charge in [0, 0.05) is 10.2 Å². The molecule has 0 heterocycles. The molecule has 0 radical (unpaired) electrons. The third kappa shape index (κ3) is 3.75. The summed E-state index contributed by atoms with van der Waals surface area (Å²) < 4.78 is 6.46. The van der Waals surface area contributed by atoms with Crippen LogP contribution in [0.3, 0.4) is 0 Å². The van der Waals surface area contributed by atoms with E-state index in [1.807, 2.05) is 0 Å². The van der Waals surface area contributed by atoms with Crippen LogP contribution in [0, 0.1) is 11.3 Å². The molecule has 0 aliphatic heterocycles. The predicted octanol–water partition coefficient (Wildman–Crippen LogP) is 4.40. The van der Waals surface area contributed by atoms with Crippen molar-refractivity contribution in [3.05, 3.63) is 28.2 Å². The van der Waals surface area contributed by atoms with Crippen LogP contribution < -0.4 is 5.73 Å². The van der Waals surface area contributed by atoms with Gasteiger partial charge in [0.25, 0.3) is 0 Å². The standard InChI is InChI=1S/C16H22BrNO2/c1-10-6-12(9-16(2,3)8-10)20-15(19)11-4-5-13(17)14(18)7-11/h4-5,7,10,12H,6,8-9,18H2,1-3H3. The van der Waals surface area contributed by atoms with E-state index in [1.165, 1.54) is 6.42 Å². The molecule has 1 saturated carbocycles. The number of carbonyl (C=O) groups is 1. The molecule has 110 valence electrons. The fraction of sp³-hybridized carbons (Fsp3) is 0.562. The lowest BCUT2D eigenvalue weighted by atomic mass is 9.71. The van der Waals surface area contributed by atoms with Crippen LogP contribution in [0.4, 0.5) is 5.69 Å². The Kier molecular flexibility index (Phi) is 4.43. The van der Waals surface area contributed by atoms with E-state index in [0.717, 1.165) is 17.3 Å². The van der Waals surface area contributed by atoms with E-state index < -0.39 is 0 Å². The maximum Gasteiger partial charge on any atom is 0.338 e. The van der Waals surface area contributed by atoms with Crippen molar-refractivity contribution >= 4 is 27.6 Å². The van der Waals surface area contributed by atoms with Crippen molar-refractivity contribution in [2.75, 3.05) is 5.73 Å². The van der Waals surface area contributed by atoms with Gasteiger partial charge in [-0.25, -0.2) is 4.79 Å². The number of rotatable bonds is 2. The molecule has 1 aromatic rings. The number of carbonyl (C=O) groups excluding carboxylic acids is 1. The molecule has 1 aromatic carbocycles. The van der Waals surface area contributed by atoms with Crippen molar-refractivity contribution in [2.45, 2.75) is 46.1 Å². The maximum atomic E-state index is 12.2. The first-order valence-corrected chi connectivity index (χ1v) is 7.82. The Balaban J connectivity index is 2.05. The van der Waals surface area contributed by atoms with Crippen LogP contribution in [0.25, 0.3) is 0 Å². The summed E-state index contributed by atoms with van der Waals surface area (Å²) in [5, 5.41) is 0. The Morgan fingerprint density at radius 1 is 1.40 bits per heavy atom. The summed E-state index contributed by atoms with van der Waals surface area (Å²) >= 11 is 3.32. The highest BCUT2D eigenvalue weighted by Crippen LogP contribution is 2.39. The first-order valence-electron chi connectivity index (χ1n) is 7.03. The van der Waals surface area contributed by atoms with Gasteiger partial charge in [-0.1, -0.05) is 20.8 Å². The van der Waals surface area contributed by atoms with E-state index in [1.54, 1.807) is 18.2 Å². The monoisotopic (exact) mass is 339 g/mol. The predicted molar refractivity (Wildman–Crippen MR) is 84.6 cm³/mol. The van der Waals surface area contributed by atoms with Crippen molar-refractivity contribution in [2.24, 2.45) is 11.3 Å². The maximum absolute atomic E-state index is 12.2. The zero-order chi connectivity index (χ0) is 14.9. The van der Waals surface area contributed by atoms with Crippen LogP contribution in [0.1, 0.15) is 50.4 Å². The summed E-state index contributed by atoms with van der Waals surface area (Å²) in [7, 11) is 0. The Bertz CT molecular complexity index is 513. The Hall–Kier alpha value is -1.03. The van der Waals surface area contributed by atoms with Crippen LogP contribution in [0.15, 0.2) is 22.7 Å². The Morgan fingerprint density at radius 3 is 2.70 bits per heavy atom. The SMILES string of the molecule is CC1CC(OC(=O)c2ccc(Br)c(N)c2)CC(C)(C)C1. The van der Waals surface area contributed by atoms with E-state index in [2.05, 4.69) is 36.7 Å². The van der Waals surface area contributed by atoms with Gasteiger partial charge in [0.05, 0.1) is 5.56 Å². The number of esters is 1. The van der Waals surface area contributed by atoms with Gasteiger partial charge in [-0.3, -0.25) is 0 Å². The quantitative estimate of drug-likeness (QED) is 0.641. The molecule has 2 rings (SSSR count). The van der Waals surface area contributed by atoms with Crippen molar-refractivity contribution in [3.63, 3.8) is 0 Å². The molecule has 0 amide bonds. The van der Waals surface area contributed by atoms with Crippen LogP contribution >= 0.6 is 15.9 Å². The Morgan fingerprint density at radius 2 is 2.10 bits per heavy atom. The zero-order valence-electron chi connectivity index (χ0n) is 12.3. The number of benzene rings is 1. The number of hydrogen-bond acceptors (Lipinski definition) is 3. The van der Waals surface area contributed by atoms with E-state index in [9.17, 15) is 4.79 Å². The first kappa shape index (κ1) is 15.4. The van der Waals surface area contributed by atoms with Gasteiger partial charge in [0.1, 0.15) is 6.10 Å². The lowest BCUT2D eigenvalue weighted by molar-refractivity contribution is -0.00714. The van der Waals surface area contributed by atoms with Crippen LogP contribution in [0.2, 0.25) is 0 Å². The van der Waals surface area contributed by atoms with Crippen LogP contribution in [-0.4, -0.2) is 12.1 Å². The van der Waals surface area contributed by atoms with E-state index >= 15 is 0 Å². The summed E-state index contributed by atoms with van der Waals surface area (Å²) in [6.07, 6.45) is 3.06. The second-order valence-corrected chi connectivity index (χ2v) is 7.53. The van der Waals surface area contributed by atoms with Gasteiger partial charge in [-0.05, 0) is 64.7 Å². The molecule has 2 N–H and O–H groups in total. The highest BCUT2D eigenvalue weighted by molar-refractivity contribution is 9.10. The largest absolute Gasteiger partial charge is 0.459 e.